The first-order valence-electron chi connectivity index (χ1n) is 8.07. The monoisotopic (exact) mass is 391 g/mol. The number of rotatable bonds is 5. The summed E-state index contributed by atoms with van der Waals surface area (Å²) in [4.78, 5) is 12.7. The van der Waals surface area contributed by atoms with Gasteiger partial charge in [-0.2, -0.15) is 0 Å². The molecule has 0 aromatic heterocycles. The molecule has 0 aliphatic heterocycles. The molecule has 3 aromatic carbocycles. The maximum Gasteiger partial charge on any atom is 0.259 e. The summed E-state index contributed by atoms with van der Waals surface area (Å²) in [5.74, 6) is -0.151. The van der Waals surface area contributed by atoms with E-state index in [-0.39, 0.29) is 11.9 Å². The van der Waals surface area contributed by atoms with Crippen LogP contribution in [0.3, 0.4) is 0 Å². The van der Waals surface area contributed by atoms with E-state index in [0.29, 0.717) is 4.48 Å². The summed E-state index contributed by atoms with van der Waals surface area (Å²) in [7, 11) is 0. The molecule has 0 aliphatic carbocycles. The molecular weight excluding hydrogens is 374 g/mol. The van der Waals surface area contributed by atoms with Crippen molar-refractivity contribution < 1.29 is 4.79 Å². The smallest absolute Gasteiger partial charge is 0.259 e. The summed E-state index contributed by atoms with van der Waals surface area (Å²) < 4.78 is 0.496. The predicted molar refractivity (Wildman–Crippen MR) is 106 cm³/mol. The fourth-order valence-corrected chi connectivity index (χ4v) is 2.99. The van der Waals surface area contributed by atoms with Crippen LogP contribution in [0.5, 0.6) is 0 Å². The molecule has 124 valence electrons. The number of carbonyl (C=O) groups excluding carboxylic acids is 1. The van der Waals surface area contributed by atoms with Crippen molar-refractivity contribution in [1.29, 1.82) is 0 Å². The first-order valence-corrected chi connectivity index (χ1v) is 8.86. The Kier molecular flexibility index (Phi) is 5.81. The molecule has 0 fully saturated rings. The molecule has 0 unspecified atom stereocenters. The summed E-state index contributed by atoms with van der Waals surface area (Å²) in [5, 5.41) is 3.12. The number of benzene rings is 3. The summed E-state index contributed by atoms with van der Waals surface area (Å²) in [6.07, 6.45) is 1.82. The van der Waals surface area contributed by atoms with Crippen LogP contribution in [-0.4, -0.2) is 5.91 Å². The minimum absolute atomic E-state index is 0.151. The quantitative estimate of drug-likeness (QED) is 0.585. The molecule has 25 heavy (non-hydrogen) atoms. The SMILES string of the molecule is O=C(NC(c1ccccc1)c1ccccc1)/C(Br)=C\c1ccccc1. The van der Waals surface area contributed by atoms with Gasteiger partial charge in [0.1, 0.15) is 0 Å². The van der Waals surface area contributed by atoms with E-state index in [1.165, 1.54) is 0 Å². The number of amides is 1. The summed E-state index contributed by atoms with van der Waals surface area (Å²) in [5.41, 5.74) is 3.06. The average Bonchev–Trinajstić information content (AvgIpc) is 2.68. The van der Waals surface area contributed by atoms with Crippen molar-refractivity contribution in [2.45, 2.75) is 6.04 Å². The lowest BCUT2D eigenvalue weighted by Gasteiger charge is -2.19. The Morgan fingerprint density at radius 3 is 1.68 bits per heavy atom. The molecule has 0 bridgehead atoms. The molecule has 0 aliphatic rings. The summed E-state index contributed by atoms with van der Waals surface area (Å²) in [6, 6.07) is 29.5. The van der Waals surface area contributed by atoms with Gasteiger partial charge >= 0.3 is 0 Å². The Morgan fingerprint density at radius 1 is 0.760 bits per heavy atom. The van der Waals surface area contributed by atoms with Gasteiger partial charge in [0.05, 0.1) is 10.5 Å². The zero-order chi connectivity index (χ0) is 17.5. The lowest BCUT2D eigenvalue weighted by atomic mass is 9.98. The van der Waals surface area contributed by atoms with Crippen molar-refractivity contribution in [3.63, 3.8) is 0 Å². The molecule has 0 heterocycles. The third-order valence-electron chi connectivity index (χ3n) is 3.85. The fourth-order valence-electron chi connectivity index (χ4n) is 2.61. The van der Waals surface area contributed by atoms with Crippen LogP contribution in [0, 0.1) is 0 Å². The van der Waals surface area contributed by atoms with Crippen LogP contribution < -0.4 is 5.32 Å². The zero-order valence-electron chi connectivity index (χ0n) is 13.6. The number of hydrogen-bond acceptors (Lipinski definition) is 1. The molecular formula is C22H18BrNO. The lowest BCUT2D eigenvalue weighted by molar-refractivity contribution is -0.117. The van der Waals surface area contributed by atoms with Crippen molar-refractivity contribution in [2.24, 2.45) is 0 Å². The van der Waals surface area contributed by atoms with Crippen LogP contribution >= 0.6 is 15.9 Å². The number of nitrogens with one attached hydrogen (secondary N) is 1. The maximum atomic E-state index is 12.7. The van der Waals surface area contributed by atoms with Crippen molar-refractivity contribution in [3.8, 4) is 0 Å². The molecule has 3 rings (SSSR count). The van der Waals surface area contributed by atoms with E-state index in [1.54, 1.807) is 0 Å². The van der Waals surface area contributed by atoms with Crippen LogP contribution in [-0.2, 0) is 4.79 Å². The highest BCUT2D eigenvalue weighted by Gasteiger charge is 2.17. The first-order chi connectivity index (χ1) is 12.2. The molecule has 0 spiro atoms. The highest BCUT2D eigenvalue weighted by atomic mass is 79.9. The molecule has 0 saturated carbocycles. The van der Waals surface area contributed by atoms with Gasteiger partial charge in [0.25, 0.3) is 5.91 Å². The van der Waals surface area contributed by atoms with E-state index in [9.17, 15) is 4.79 Å². The maximum absolute atomic E-state index is 12.7. The van der Waals surface area contributed by atoms with Crippen LogP contribution in [0.15, 0.2) is 95.5 Å². The largest absolute Gasteiger partial charge is 0.341 e. The van der Waals surface area contributed by atoms with Crippen LogP contribution in [0.1, 0.15) is 22.7 Å². The van der Waals surface area contributed by atoms with Gasteiger partial charge in [-0.15, -0.1) is 0 Å². The first kappa shape index (κ1) is 17.2. The van der Waals surface area contributed by atoms with E-state index in [4.69, 9.17) is 0 Å². The van der Waals surface area contributed by atoms with E-state index < -0.39 is 0 Å². The van der Waals surface area contributed by atoms with Gasteiger partial charge in [0.2, 0.25) is 0 Å². The second-order valence-electron chi connectivity index (χ2n) is 5.63. The normalized spacial score (nSPS) is 11.4. The van der Waals surface area contributed by atoms with Crippen molar-refractivity contribution >= 4 is 27.9 Å². The summed E-state index contributed by atoms with van der Waals surface area (Å²) in [6.45, 7) is 0. The van der Waals surface area contributed by atoms with Gasteiger partial charge in [-0.25, -0.2) is 0 Å². The van der Waals surface area contributed by atoms with E-state index in [2.05, 4.69) is 21.2 Å². The molecule has 0 radical (unpaired) electrons. The Labute approximate surface area is 156 Å². The number of halogens is 1. The van der Waals surface area contributed by atoms with Crippen molar-refractivity contribution in [1.82, 2.24) is 5.32 Å². The highest BCUT2D eigenvalue weighted by Crippen LogP contribution is 2.23. The van der Waals surface area contributed by atoms with Gasteiger partial charge in [0.15, 0.2) is 0 Å². The van der Waals surface area contributed by atoms with Gasteiger partial charge in [0, 0.05) is 0 Å². The molecule has 3 aromatic rings. The average molecular weight is 392 g/mol. The van der Waals surface area contributed by atoms with Crippen molar-refractivity contribution in [2.75, 3.05) is 0 Å². The van der Waals surface area contributed by atoms with Crippen LogP contribution in [0.2, 0.25) is 0 Å². The molecule has 0 saturated heterocycles. The topological polar surface area (TPSA) is 29.1 Å². The van der Waals surface area contributed by atoms with Gasteiger partial charge in [-0.05, 0) is 38.7 Å². The van der Waals surface area contributed by atoms with E-state index in [0.717, 1.165) is 16.7 Å². The lowest BCUT2D eigenvalue weighted by Crippen LogP contribution is -2.29. The number of carbonyl (C=O) groups is 1. The van der Waals surface area contributed by atoms with E-state index >= 15 is 0 Å². The van der Waals surface area contributed by atoms with Gasteiger partial charge < -0.3 is 5.32 Å². The zero-order valence-corrected chi connectivity index (χ0v) is 15.2. The highest BCUT2D eigenvalue weighted by molar-refractivity contribution is 9.12. The second kappa shape index (κ2) is 8.45. The minimum atomic E-state index is -0.202. The van der Waals surface area contributed by atoms with Crippen molar-refractivity contribution in [3.05, 3.63) is 112 Å². The van der Waals surface area contributed by atoms with Gasteiger partial charge in [-0.1, -0.05) is 91.0 Å². The Bertz CT molecular complexity index is 805. The minimum Gasteiger partial charge on any atom is -0.341 e. The Hall–Kier alpha value is -2.65. The molecule has 1 amide bonds. The molecule has 0 atom stereocenters. The molecule has 1 N–H and O–H groups in total. The summed E-state index contributed by atoms with van der Waals surface area (Å²) >= 11 is 3.40. The third-order valence-corrected chi connectivity index (χ3v) is 4.44. The van der Waals surface area contributed by atoms with Crippen LogP contribution in [0.25, 0.3) is 6.08 Å². The Balaban J connectivity index is 1.85. The number of hydrogen-bond donors (Lipinski definition) is 1. The van der Waals surface area contributed by atoms with Gasteiger partial charge in [-0.3, -0.25) is 4.79 Å². The fraction of sp³-hybridized carbons (Fsp3) is 0.0455. The van der Waals surface area contributed by atoms with E-state index in [1.807, 2.05) is 97.1 Å². The third kappa shape index (κ3) is 4.68. The van der Waals surface area contributed by atoms with Crippen LogP contribution in [0.4, 0.5) is 0 Å². The standard InChI is InChI=1S/C22H18BrNO/c23-20(16-17-10-4-1-5-11-17)22(25)24-21(18-12-6-2-7-13-18)19-14-8-3-9-15-19/h1-16,21H,(H,24,25)/b20-16+. The molecule has 2 nitrogen and oxygen atoms in total. The molecule has 3 heteroatoms. The Morgan fingerprint density at radius 2 is 1.20 bits per heavy atom. The second-order valence-corrected chi connectivity index (χ2v) is 6.49. The predicted octanol–water partition coefficient (Wildman–Crippen LogP) is 5.33.